The SMILES string of the molecule is COC[C@H]1O[C@@H](n2ccc(=O)[nH]c2=O)[C@@H](OF)[C@H]1[SH]=P(O)(O)O. The van der Waals surface area contributed by atoms with Gasteiger partial charge in [-0.1, -0.05) is 0 Å². The number of hydrogen-bond donors (Lipinski definition) is 5. The van der Waals surface area contributed by atoms with Gasteiger partial charge in [0, 0.05) is 19.4 Å². The van der Waals surface area contributed by atoms with Crippen LogP contribution in [0, 0.1) is 0 Å². The highest BCUT2D eigenvalue weighted by Crippen LogP contribution is 2.40. The van der Waals surface area contributed by atoms with Gasteiger partial charge in [-0.25, -0.2) is 4.79 Å². The topological polar surface area (TPSA) is 143 Å². The van der Waals surface area contributed by atoms with E-state index >= 15 is 0 Å². The van der Waals surface area contributed by atoms with E-state index in [0.717, 1.165) is 16.8 Å². The van der Waals surface area contributed by atoms with E-state index in [0.29, 0.717) is 0 Å². The summed E-state index contributed by atoms with van der Waals surface area (Å²) in [6, 6.07) is 1.04. The van der Waals surface area contributed by atoms with Gasteiger partial charge in [-0.3, -0.25) is 14.3 Å². The lowest BCUT2D eigenvalue weighted by Gasteiger charge is -2.19. The minimum atomic E-state index is -4.27. The van der Waals surface area contributed by atoms with Gasteiger partial charge in [-0.15, -0.1) is 10.9 Å². The molecule has 0 radical (unpaired) electrons. The van der Waals surface area contributed by atoms with E-state index in [1.54, 1.807) is 0 Å². The van der Waals surface area contributed by atoms with Crippen LogP contribution in [0.5, 0.6) is 0 Å². The van der Waals surface area contributed by atoms with Gasteiger partial charge < -0.3 is 24.2 Å². The molecule has 2 heterocycles. The van der Waals surface area contributed by atoms with Gasteiger partial charge in [0.05, 0.1) is 18.0 Å². The number of rotatable bonds is 5. The van der Waals surface area contributed by atoms with E-state index < -0.39 is 41.7 Å². The second-order valence-electron chi connectivity index (χ2n) is 4.73. The molecular weight excluding hydrogens is 358 g/mol. The molecule has 23 heavy (non-hydrogen) atoms. The van der Waals surface area contributed by atoms with E-state index in [4.69, 9.17) is 9.47 Å². The van der Waals surface area contributed by atoms with E-state index in [1.807, 2.05) is 4.98 Å². The third kappa shape index (κ3) is 4.37. The lowest BCUT2D eigenvalue weighted by atomic mass is 10.2. The summed E-state index contributed by atoms with van der Waals surface area (Å²) in [6.07, 6.45) is -2.49. The Labute approximate surface area is 132 Å². The lowest BCUT2D eigenvalue weighted by Crippen LogP contribution is -2.38. The number of halogens is 1. The van der Waals surface area contributed by atoms with E-state index in [-0.39, 0.29) is 17.5 Å². The number of methoxy groups -OCH3 is 1. The van der Waals surface area contributed by atoms with Crippen molar-refractivity contribution in [3.05, 3.63) is 33.1 Å². The number of aromatic amines is 1. The van der Waals surface area contributed by atoms with Crippen molar-refractivity contribution >= 4 is 17.7 Å². The third-order valence-electron chi connectivity index (χ3n) is 3.16. The highest BCUT2D eigenvalue weighted by atomic mass is 32.5. The maximum Gasteiger partial charge on any atom is 0.330 e. The molecule has 0 saturated carbocycles. The van der Waals surface area contributed by atoms with Crippen molar-refractivity contribution in [2.24, 2.45) is 0 Å². The minimum absolute atomic E-state index is 0.0634. The highest BCUT2D eigenvalue weighted by Gasteiger charge is 2.47. The van der Waals surface area contributed by atoms with Crippen molar-refractivity contribution in [2.75, 3.05) is 13.7 Å². The van der Waals surface area contributed by atoms with Crippen LogP contribution >= 0.6 is 6.72 Å². The molecule has 4 atom stereocenters. The summed E-state index contributed by atoms with van der Waals surface area (Å²) in [5.41, 5.74) is -1.49. The quantitative estimate of drug-likeness (QED) is 0.300. The number of nitrogens with zero attached hydrogens (tertiary/aromatic N) is 1. The van der Waals surface area contributed by atoms with Crippen LogP contribution in [0.2, 0.25) is 0 Å². The van der Waals surface area contributed by atoms with Crippen LogP contribution in [0.15, 0.2) is 21.9 Å². The van der Waals surface area contributed by atoms with Gasteiger partial charge >= 0.3 is 5.69 Å². The number of thiol groups is 1. The molecule has 1 aromatic heterocycles. The fourth-order valence-corrected chi connectivity index (χ4v) is 5.19. The standard InChI is InChI=1S/C10H16FN2O8PS/c1-19-4-5-8(23-22(16,17)18)7(21-11)9(20-5)13-3-2-6(14)12-10(13)15/h2-3,5,7-9,16-18,23H,4H2,1H3,(H,12,14,15)/t5-,7+,8+,9-/m1/s1. The minimum Gasteiger partial charge on any atom is -0.382 e. The van der Waals surface area contributed by atoms with Gasteiger partial charge in [0.1, 0.15) is 0 Å². The molecule has 10 nitrogen and oxygen atoms in total. The van der Waals surface area contributed by atoms with Crippen molar-refractivity contribution in [3.8, 4) is 0 Å². The van der Waals surface area contributed by atoms with E-state index in [1.165, 1.54) is 7.11 Å². The van der Waals surface area contributed by atoms with Gasteiger partial charge in [-0.05, 0) is 4.53 Å². The molecule has 0 unspecified atom stereocenters. The lowest BCUT2D eigenvalue weighted by molar-refractivity contribution is -0.205. The molecule has 1 fully saturated rings. The molecule has 13 heteroatoms. The van der Waals surface area contributed by atoms with Crippen molar-refractivity contribution in [2.45, 2.75) is 23.7 Å². The predicted octanol–water partition coefficient (Wildman–Crippen LogP) is -1.81. The molecule has 1 aromatic rings. The Morgan fingerprint density at radius 2 is 2.17 bits per heavy atom. The summed E-state index contributed by atoms with van der Waals surface area (Å²) >= 11 is 0. The van der Waals surface area contributed by atoms with Crippen LogP contribution in [0.3, 0.4) is 0 Å². The van der Waals surface area contributed by atoms with Crippen molar-refractivity contribution in [1.29, 1.82) is 0 Å². The fraction of sp³-hybridized carbons (Fsp3) is 0.600. The zero-order valence-corrected chi connectivity index (χ0v) is 13.6. The summed E-state index contributed by atoms with van der Waals surface area (Å²) in [5.74, 6) is 0. The molecule has 2 rings (SSSR count). The van der Waals surface area contributed by atoms with Crippen LogP contribution in [0.1, 0.15) is 6.23 Å². The Hall–Kier alpha value is -0.850. The second kappa shape index (κ2) is 7.36. The number of nitrogens with one attached hydrogen (secondary N) is 1. The zero-order chi connectivity index (χ0) is 17.2. The molecular formula is C10H16FN2O8PS. The van der Waals surface area contributed by atoms with Gasteiger partial charge in [-0.2, -0.15) is 4.94 Å². The summed E-state index contributed by atoms with van der Waals surface area (Å²) < 4.78 is 24.3. The molecule has 0 aromatic carbocycles. The highest BCUT2D eigenvalue weighted by molar-refractivity contribution is 8.16. The first-order valence-electron chi connectivity index (χ1n) is 6.30. The summed E-state index contributed by atoms with van der Waals surface area (Å²) in [6.45, 7) is -4.33. The smallest absolute Gasteiger partial charge is 0.330 e. The molecule has 1 saturated heterocycles. The largest absolute Gasteiger partial charge is 0.382 e. The molecule has 0 spiro atoms. The van der Waals surface area contributed by atoms with Gasteiger partial charge in [0.2, 0.25) is 0 Å². The zero-order valence-electron chi connectivity index (χ0n) is 11.8. The van der Waals surface area contributed by atoms with E-state index in [9.17, 15) is 28.8 Å². The molecule has 0 bridgehead atoms. The predicted molar refractivity (Wildman–Crippen MR) is 79.2 cm³/mol. The first-order valence-corrected chi connectivity index (χ1v) is 9.61. The summed E-state index contributed by atoms with van der Waals surface area (Å²) in [4.78, 5) is 56.5. The Morgan fingerprint density at radius 3 is 2.70 bits per heavy atom. The average Bonchev–Trinajstić information content (AvgIpc) is 2.75. The van der Waals surface area contributed by atoms with Crippen molar-refractivity contribution in [1.82, 2.24) is 9.55 Å². The van der Waals surface area contributed by atoms with Crippen molar-refractivity contribution in [3.63, 3.8) is 0 Å². The number of H-pyrrole nitrogens is 1. The van der Waals surface area contributed by atoms with Gasteiger partial charge in [0.15, 0.2) is 12.3 Å². The number of ether oxygens (including phenoxy) is 2. The Kier molecular flexibility index (Phi) is 5.92. The second-order valence-corrected chi connectivity index (χ2v) is 8.94. The van der Waals surface area contributed by atoms with Crippen molar-refractivity contribution < 1.29 is 33.6 Å². The molecule has 4 N–H and O–H groups in total. The summed E-state index contributed by atoms with van der Waals surface area (Å²) in [7, 11) is 1.04. The summed E-state index contributed by atoms with van der Waals surface area (Å²) in [5, 5.41) is -1.02. The van der Waals surface area contributed by atoms with Crippen LogP contribution < -0.4 is 11.2 Å². The van der Waals surface area contributed by atoms with Gasteiger partial charge in [0.25, 0.3) is 12.3 Å². The fourth-order valence-electron chi connectivity index (χ4n) is 2.29. The number of aromatic nitrogens is 2. The van der Waals surface area contributed by atoms with Crippen LogP contribution in [0.25, 0.3) is 0 Å². The molecule has 132 valence electrons. The first-order chi connectivity index (χ1) is 10.8. The maximum absolute atomic E-state index is 13.0. The van der Waals surface area contributed by atoms with Crippen LogP contribution in [0.4, 0.5) is 4.53 Å². The molecule has 0 aliphatic carbocycles. The Morgan fingerprint density at radius 1 is 1.48 bits per heavy atom. The molecule has 1 aliphatic heterocycles. The van der Waals surface area contributed by atoms with Crippen LogP contribution in [-0.4, -0.2) is 55.4 Å². The molecule has 0 amide bonds. The maximum atomic E-state index is 13.0. The van der Waals surface area contributed by atoms with Crippen LogP contribution in [-0.2, 0) is 25.4 Å². The third-order valence-corrected chi connectivity index (χ3v) is 6.09. The monoisotopic (exact) mass is 374 g/mol. The van der Waals surface area contributed by atoms with E-state index in [2.05, 4.69) is 4.94 Å². The Balaban J connectivity index is 2.45. The first kappa shape index (κ1) is 18.5. The Bertz CT molecular complexity index is 709. The average molecular weight is 374 g/mol. The normalized spacial score (nSPS) is 28.2. The molecule has 1 aliphatic rings. The number of hydrogen-bond acceptors (Lipinski definition) is 5.